The summed E-state index contributed by atoms with van der Waals surface area (Å²) in [6.45, 7) is 0. The minimum atomic E-state index is -6.10. The Labute approximate surface area is 158 Å². The van der Waals surface area contributed by atoms with Gasteiger partial charge in [-0.05, 0) is 72.0 Å². The fourth-order valence-corrected chi connectivity index (χ4v) is 2.63. The lowest BCUT2D eigenvalue weighted by molar-refractivity contribution is -0.322. The van der Waals surface area contributed by atoms with Gasteiger partial charge in [0.15, 0.2) is 0 Å². The Kier molecular flexibility index (Phi) is 7.49. The van der Waals surface area contributed by atoms with E-state index in [0.717, 1.165) is 0 Å². The van der Waals surface area contributed by atoms with Crippen molar-refractivity contribution in [1.82, 2.24) is 0 Å². The van der Waals surface area contributed by atoms with Crippen LogP contribution >= 0.6 is 22.6 Å². The number of carboxylic acid groups (broad SMARTS) is 1. The van der Waals surface area contributed by atoms with E-state index in [-0.39, 0.29) is 24.8 Å². The second-order valence-electron chi connectivity index (χ2n) is 5.46. The van der Waals surface area contributed by atoms with Crippen LogP contribution in [0.3, 0.4) is 0 Å². The average molecular weight is 498 g/mol. The second-order valence-corrected chi connectivity index (χ2v) is 6.71. The standard InChI is InChI=1S/C16H14F7IO2/c17-14(15(18,19)20,16(21,22)23)8-4-2-1-3-5-10-6-7-11(24)9-12(10)13(25)26/h4,6-9H,1-3,5H2,(H,25,26). The lowest BCUT2D eigenvalue weighted by Crippen LogP contribution is -2.51. The number of benzene rings is 1. The predicted molar refractivity (Wildman–Crippen MR) is 88.8 cm³/mol. The summed E-state index contributed by atoms with van der Waals surface area (Å²) in [4.78, 5) is 11.1. The highest BCUT2D eigenvalue weighted by molar-refractivity contribution is 14.1. The number of allylic oxidation sites excluding steroid dienone is 2. The first kappa shape index (κ1) is 22.7. The Morgan fingerprint density at radius 1 is 1.04 bits per heavy atom. The smallest absolute Gasteiger partial charge is 0.435 e. The van der Waals surface area contributed by atoms with Crippen LogP contribution in [0.1, 0.15) is 35.2 Å². The molecule has 0 radical (unpaired) electrons. The molecular formula is C16H14F7IO2. The van der Waals surface area contributed by atoms with E-state index < -0.39 is 30.1 Å². The fourth-order valence-electron chi connectivity index (χ4n) is 2.14. The summed E-state index contributed by atoms with van der Waals surface area (Å²) in [5, 5.41) is 9.10. The van der Waals surface area contributed by atoms with Crippen molar-refractivity contribution in [2.45, 2.75) is 43.7 Å². The van der Waals surface area contributed by atoms with Crippen molar-refractivity contribution in [3.63, 3.8) is 0 Å². The quantitative estimate of drug-likeness (QED) is 0.214. The molecule has 0 aliphatic heterocycles. The normalized spacial score (nSPS) is 13.4. The molecular weight excluding hydrogens is 484 g/mol. The van der Waals surface area contributed by atoms with Crippen LogP contribution < -0.4 is 0 Å². The van der Waals surface area contributed by atoms with Gasteiger partial charge in [-0.15, -0.1) is 0 Å². The third kappa shape index (κ3) is 5.58. The number of rotatable bonds is 7. The summed E-state index contributed by atoms with van der Waals surface area (Å²) >= 11 is 1.94. The number of aromatic carboxylic acids is 1. The van der Waals surface area contributed by atoms with Crippen LogP contribution in [-0.4, -0.2) is 29.1 Å². The molecule has 26 heavy (non-hydrogen) atoms. The number of aryl methyl sites for hydroxylation is 1. The van der Waals surface area contributed by atoms with Gasteiger partial charge in [-0.25, -0.2) is 9.18 Å². The first-order chi connectivity index (χ1) is 11.8. The minimum absolute atomic E-state index is 0.0874. The molecule has 0 heterocycles. The zero-order chi connectivity index (χ0) is 20.2. The van der Waals surface area contributed by atoms with Crippen molar-refractivity contribution in [2.75, 3.05) is 0 Å². The highest BCUT2D eigenvalue weighted by Crippen LogP contribution is 2.47. The summed E-state index contributed by atoms with van der Waals surface area (Å²) in [5.41, 5.74) is -4.79. The van der Waals surface area contributed by atoms with Crippen LogP contribution in [0, 0.1) is 3.57 Å². The van der Waals surface area contributed by atoms with Crippen LogP contribution in [-0.2, 0) is 6.42 Å². The van der Waals surface area contributed by atoms with E-state index in [1.807, 2.05) is 22.6 Å². The van der Waals surface area contributed by atoms with Gasteiger partial charge in [0, 0.05) is 3.57 Å². The zero-order valence-corrected chi connectivity index (χ0v) is 15.3. The van der Waals surface area contributed by atoms with Gasteiger partial charge in [-0.1, -0.05) is 12.1 Å². The van der Waals surface area contributed by atoms with Gasteiger partial charge in [0.05, 0.1) is 5.56 Å². The number of alkyl halides is 7. The van der Waals surface area contributed by atoms with Crippen LogP contribution in [0.2, 0.25) is 0 Å². The molecule has 2 nitrogen and oxygen atoms in total. The SMILES string of the molecule is O=C(O)c1cc(I)ccc1CCCCC=CC(F)(C(F)(F)F)C(F)(F)F. The van der Waals surface area contributed by atoms with Gasteiger partial charge in [0.25, 0.3) is 0 Å². The lowest BCUT2D eigenvalue weighted by Gasteiger charge is -2.26. The molecule has 0 aliphatic rings. The molecule has 0 bridgehead atoms. The lowest BCUT2D eigenvalue weighted by atomic mass is 10.0. The van der Waals surface area contributed by atoms with Gasteiger partial charge in [-0.2, -0.15) is 26.3 Å². The third-order valence-corrected chi connectivity index (χ3v) is 4.21. The molecule has 146 valence electrons. The maximum Gasteiger partial charge on any atom is 0.435 e. The summed E-state index contributed by atoms with van der Waals surface area (Å²) in [7, 11) is 0. The minimum Gasteiger partial charge on any atom is -0.478 e. The van der Waals surface area contributed by atoms with Gasteiger partial charge in [0.2, 0.25) is 0 Å². The Balaban J connectivity index is 2.65. The molecule has 1 N–H and O–H groups in total. The first-order valence-electron chi connectivity index (χ1n) is 7.31. The molecule has 0 amide bonds. The van der Waals surface area contributed by atoms with E-state index in [1.165, 1.54) is 6.07 Å². The Morgan fingerprint density at radius 2 is 1.62 bits per heavy atom. The van der Waals surface area contributed by atoms with Crippen molar-refractivity contribution in [2.24, 2.45) is 0 Å². The molecule has 1 rings (SSSR count). The highest BCUT2D eigenvalue weighted by Gasteiger charge is 2.70. The van der Waals surface area contributed by atoms with Crippen LogP contribution in [0.4, 0.5) is 30.7 Å². The molecule has 1 aromatic carbocycles. The van der Waals surface area contributed by atoms with E-state index in [2.05, 4.69) is 0 Å². The highest BCUT2D eigenvalue weighted by atomic mass is 127. The molecule has 0 fully saturated rings. The summed E-state index contributed by atoms with van der Waals surface area (Å²) in [5.74, 6) is -1.13. The predicted octanol–water partition coefficient (Wildman–Crippen LogP) is 6.09. The van der Waals surface area contributed by atoms with Gasteiger partial charge < -0.3 is 5.11 Å². The van der Waals surface area contributed by atoms with Gasteiger partial charge in [0.1, 0.15) is 0 Å². The largest absolute Gasteiger partial charge is 0.478 e. The maximum atomic E-state index is 13.4. The number of carbonyl (C=O) groups is 1. The van der Waals surface area contributed by atoms with E-state index in [0.29, 0.717) is 21.6 Å². The van der Waals surface area contributed by atoms with Crippen LogP contribution in [0.25, 0.3) is 0 Å². The summed E-state index contributed by atoms with van der Waals surface area (Å²) in [6, 6.07) is 4.75. The second kappa shape index (κ2) is 8.57. The number of halogens is 8. The topological polar surface area (TPSA) is 37.3 Å². The Hall–Kier alpha value is -1.33. The van der Waals surface area contributed by atoms with Crippen molar-refractivity contribution < 1.29 is 40.6 Å². The number of hydrogen-bond acceptors (Lipinski definition) is 1. The first-order valence-corrected chi connectivity index (χ1v) is 8.39. The molecule has 10 heteroatoms. The maximum absolute atomic E-state index is 13.4. The Bertz CT molecular complexity index is 652. The van der Waals surface area contributed by atoms with E-state index in [4.69, 9.17) is 5.11 Å². The third-order valence-electron chi connectivity index (χ3n) is 3.54. The van der Waals surface area contributed by atoms with Crippen LogP contribution in [0.15, 0.2) is 30.4 Å². The van der Waals surface area contributed by atoms with Crippen molar-refractivity contribution in [3.05, 3.63) is 45.0 Å². The molecule has 0 aliphatic carbocycles. The van der Waals surface area contributed by atoms with Crippen molar-refractivity contribution in [3.8, 4) is 0 Å². The van der Waals surface area contributed by atoms with E-state index in [1.54, 1.807) is 12.1 Å². The molecule has 1 aromatic rings. The molecule has 0 saturated carbocycles. The average Bonchev–Trinajstić information content (AvgIpc) is 2.49. The zero-order valence-electron chi connectivity index (χ0n) is 13.1. The van der Waals surface area contributed by atoms with E-state index in [9.17, 15) is 35.5 Å². The van der Waals surface area contributed by atoms with Crippen molar-refractivity contribution in [1.29, 1.82) is 0 Å². The fraction of sp³-hybridized carbons (Fsp3) is 0.438. The number of hydrogen-bond donors (Lipinski definition) is 1. The summed E-state index contributed by atoms with van der Waals surface area (Å²) < 4.78 is 88.2. The van der Waals surface area contributed by atoms with E-state index >= 15 is 0 Å². The molecule has 0 atom stereocenters. The number of unbranched alkanes of at least 4 members (excludes halogenated alkanes) is 2. The van der Waals surface area contributed by atoms with Crippen LogP contribution in [0.5, 0.6) is 0 Å². The molecule has 0 unspecified atom stereocenters. The number of carboxylic acids is 1. The molecule has 0 saturated heterocycles. The molecule has 0 aromatic heterocycles. The van der Waals surface area contributed by atoms with Gasteiger partial charge >= 0.3 is 24.0 Å². The van der Waals surface area contributed by atoms with Crippen molar-refractivity contribution >= 4 is 28.6 Å². The Morgan fingerprint density at radius 3 is 2.12 bits per heavy atom. The molecule has 0 spiro atoms. The summed E-state index contributed by atoms with van der Waals surface area (Å²) in [6.07, 6.45) is -11.6. The van der Waals surface area contributed by atoms with Gasteiger partial charge in [-0.3, -0.25) is 0 Å². The monoisotopic (exact) mass is 498 g/mol.